The van der Waals surface area contributed by atoms with Crippen LogP contribution in [0.25, 0.3) is 0 Å². The zero-order chi connectivity index (χ0) is 8.97. The highest BCUT2D eigenvalue weighted by Crippen LogP contribution is 2.10. The Balaban J connectivity index is 2.52. The lowest BCUT2D eigenvalue weighted by Gasteiger charge is -2.07. The average molecular weight is 168 g/mol. The predicted molar refractivity (Wildman–Crippen MR) is 47.6 cm³/mol. The summed E-state index contributed by atoms with van der Waals surface area (Å²) >= 11 is 0. The molecule has 0 aromatic heterocycles. The van der Waals surface area contributed by atoms with Gasteiger partial charge in [-0.1, -0.05) is 6.07 Å². The van der Waals surface area contributed by atoms with E-state index in [1.165, 1.54) is 0 Å². The number of benzene rings is 1. The Hall–Kier alpha value is -1.26. The Kier molecular flexibility index (Phi) is 2.90. The summed E-state index contributed by atoms with van der Waals surface area (Å²) in [6, 6.07) is 7.09. The third kappa shape index (κ3) is 2.77. The Morgan fingerprint density at radius 1 is 1.42 bits per heavy atom. The van der Waals surface area contributed by atoms with E-state index in [4.69, 9.17) is 15.9 Å². The standard InChI is InChI=1S/C8H12N2O2/c9-6-2-1-3-7(4-6)10-5-8(11)12/h1-4,8,10-12H,5,9H2. The van der Waals surface area contributed by atoms with E-state index in [2.05, 4.69) is 5.32 Å². The van der Waals surface area contributed by atoms with Crippen LogP contribution in [0.2, 0.25) is 0 Å². The molecule has 66 valence electrons. The van der Waals surface area contributed by atoms with Crippen molar-refractivity contribution in [2.24, 2.45) is 0 Å². The largest absolute Gasteiger partial charge is 0.399 e. The Morgan fingerprint density at radius 2 is 2.17 bits per heavy atom. The van der Waals surface area contributed by atoms with Crippen LogP contribution < -0.4 is 11.1 Å². The SMILES string of the molecule is Nc1cccc(NCC(O)O)c1. The summed E-state index contributed by atoms with van der Waals surface area (Å²) in [7, 11) is 0. The summed E-state index contributed by atoms with van der Waals surface area (Å²) in [6.45, 7) is 0.101. The van der Waals surface area contributed by atoms with Gasteiger partial charge in [0.25, 0.3) is 0 Å². The van der Waals surface area contributed by atoms with Crippen molar-refractivity contribution in [1.82, 2.24) is 0 Å². The van der Waals surface area contributed by atoms with E-state index in [9.17, 15) is 0 Å². The van der Waals surface area contributed by atoms with Crippen molar-refractivity contribution >= 4 is 11.4 Å². The van der Waals surface area contributed by atoms with Gasteiger partial charge < -0.3 is 21.3 Å². The van der Waals surface area contributed by atoms with Crippen LogP contribution in [0.4, 0.5) is 11.4 Å². The first-order chi connectivity index (χ1) is 5.68. The lowest BCUT2D eigenvalue weighted by Crippen LogP contribution is -2.18. The number of aliphatic hydroxyl groups excluding tert-OH is 1. The van der Waals surface area contributed by atoms with Crippen LogP contribution in [0.3, 0.4) is 0 Å². The quantitative estimate of drug-likeness (QED) is 0.378. The number of rotatable bonds is 3. The van der Waals surface area contributed by atoms with Crippen molar-refractivity contribution in [1.29, 1.82) is 0 Å². The fourth-order valence-corrected chi connectivity index (χ4v) is 0.858. The van der Waals surface area contributed by atoms with Crippen molar-refractivity contribution < 1.29 is 10.2 Å². The van der Waals surface area contributed by atoms with Gasteiger partial charge in [-0.2, -0.15) is 0 Å². The maximum Gasteiger partial charge on any atom is 0.169 e. The zero-order valence-corrected chi connectivity index (χ0v) is 6.57. The second-order valence-electron chi connectivity index (χ2n) is 2.49. The minimum atomic E-state index is -1.34. The van der Waals surface area contributed by atoms with Gasteiger partial charge in [0.05, 0.1) is 6.54 Å². The van der Waals surface area contributed by atoms with Crippen LogP contribution in [-0.4, -0.2) is 23.0 Å². The summed E-state index contributed by atoms with van der Waals surface area (Å²) in [6.07, 6.45) is -1.34. The molecule has 0 radical (unpaired) electrons. The monoisotopic (exact) mass is 168 g/mol. The third-order valence-corrected chi connectivity index (χ3v) is 1.38. The van der Waals surface area contributed by atoms with E-state index >= 15 is 0 Å². The molecule has 0 amide bonds. The van der Waals surface area contributed by atoms with E-state index in [1.54, 1.807) is 24.3 Å². The van der Waals surface area contributed by atoms with Gasteiger partial charge in [0.15, 0.2) is 6.29 Å². The Morgan fingerprint density at radius 3 is 2.75 bits per heavy atom. The highest BCUT2D eigenvalue weighted by molar-refractivity contribution is 5.53. The summed E-state index contributed by atoms with van der Waals surface area (Å²) in [5, 5.41) is 19.9. The molecule has 0 saturated carbocycles. The van der Waals surface area contributed by atoms with Crippen LogP contribution in [0, 0.1) is 0 Å². The van der Waals surface area contributed by atoms with Crippen LogP contribution in [-0.2, 0) is 0 Å². The van der Waals surface area contributed by atoms with Crippen LogP contribution in [0.5, 0.6) is 0 Å². The second kappa shape index (κ2) is 3.94. The van der Waals surface area contributed by atoms with Crippen molar-refractivity contribution in [3.8, 4) is 0 Å². The van der Waals surface area contributed by atoms with Gasteiger partial charge in [0, 0.05) is 11.4 Å². The summed E-state index contributed by atoms with van der Waals surface area (Å²) in [5.74, 6) is 0. The molecule has 1 aromatic carbocycles. The molecule has 0 bridgehead atoms. The molecule has 4 nitrogen and oxygen atoms in total. The molecule has 0 heterocycles. The molecular weight excluding hydrogens is 156 g/mol. The molecule has 5 N–H and O–H groups in total. The molecule has 0 aliphatic rings. The predicted octanol–water partition coefficient (Wildman–Crippen LogP) is -0.00860. The maximum absolute atomic E-state index is 8.54. The molecule has 0 fully saturated rings. The van der Waals surface area contributed by atoms with Crippen LogP contribution in [0.15, 0.2) is 24.3 Å². The Labute approximate surface area is 70.6 Å². The molecule has 12 heavy (non-hydrogen) atoms. The number of nitrogen functional groups attached to an aromatic ring is 1. The second-order valence-corrected chi connectivity index (χ2v) is 2.49. The van der Waals surface area contributed by atoms with E-state index in [1.807, 2.05) is 0 Å². The normalized spacial score (nSPS) is 10.2. The van der Waals surface area contributed by atoms with E-state index in [-0.39, 0.29) is 6.54 Å². The molecule has 4 heteroatoms. The number of anilines is 2. The van der Waals surface area contributed by atoms with Crippen molar-refractivity contribution in [3.05, 3.63) is 24.3 Å². The number of hydrogen-bond acceptors (Lipinski definition) is 4. The first-order valence-corrected chi connectivity index (χ1v) is 3.64. The highest BCUT2D eigenvalue weighted by atomic mass is 16.5. The van der Waals surface area contributed by atoms with Gasteiger partial charge in [-0.05, 0) is 18.2 Å². The highest BCUT2D eigenvalue weighted by Gasteiger charge is 1.96. The number of nitrogens with one attached hydrogen (secondary N) is 1. The number of aliphatic hydroxyl groups is 2. The molecule has 0 spiro atoms. The summed E-state index contributed by atoms with van der Waals surface area (Å²) in [5.41, 5.74) is 6.93. The van der Waals surface area contributed by atoms with Gasteiger partial charge >= 0.3 is 0 Å². The molecule has 0 atom stereocenters. The maximum atomic E-state index is 8.54. The fourth-order valence-electron chi connectivity index (χ4n) is 0.858. The fraction of sp³-hybridized carbons (Fsp3) is 0.250. The smallest absolute Gasteiger partial charge is 0.169 e. The van der Waals surface area contributed by atoms with Gasteiger partial charge in [-0.3, -0.25) is 0 Å². The van der Waals surface area contributed by atoms with Crippen molar-refractivity contribution in [2.75, 3.05) is 17.6 Å². The van der Waals surface area contributed by atoms with E-state index in [0.717, 1.165) is 5.69 Å². The summed E-state index contributed by atoms with van der Waals surface area (Å²) in [4.78, 5) is 0. The first kappa shape index (κ1) is 8.83. The lowest BCUT2D eigenvalue weighted by molar-refractivity contribution is -0.0275. The van der Waals surface area contributed by atoms with Gasteiger partial charge in [0.2, 0.25) is 0 Å². The van der Waals surface area contributed by atoms with Crippen molar-refractivity contribution in [3.63, 3.8) is 0 Å². The average Bonchev–Trinajstić information content (AvgIpc) is 2.01. The molecule has 0 unspecified atom stereocenters. The summed E-state index contributed by atoms with van der Waals surface area (Å²) < 4.78 is 0. The molecule has 1 rings (SSSR count). The number of nitrogens with two attached hydrogens (primary N) is 1. The molecule has 0 saturated heterocycles. The molecule has 0 aliphatic carbocycles. The Bertz CT molecular complexity index is 251. The minimum absolute atomic E-state index is 0.101. The van der Waals surface area contributed by atoms with Gasteiger partial charge in [0.1, 0.15) is 0 Å². The van der Waals surface area contributed by atoms with Gasteiger partial charge in [-0.15, -0.1) is 0 Å². The van der Waals surface area contributed by atoms with Crippen LogP contribution >= 0.6 is 0 Å². The van der Waals surface area contributed by atoms with E-state index < -0.39 is 6.29 Å². The van der Waals surface area contributed by atoms with E-state index in [0.29, 0.717) is 5.69 Å². The molecular formula is C8H12N2O2. The lowest BCUT2D eigenvalue weighted by atomic mass is 10.3. The molecule has 0 aliphatic heterocycles. The number of hydrogen-bond donors (Lipinski definition) is 4. The zero-order valence-electron chi connectivity index (χ0n) is 6.57. The van der Waals surface area contributed by atoms with Gasteiger partial charge in [-0.25, -0.2) is 0 Å². The van der Waals surface area contributed by atoms with Crippen LogP contribution in [0.1, 0.15) is 0 Å². The van der Waals surface area contributed by atoms with Crippen molar-refractivity contribution in [2.45, 2.75) is 6.29 Å². The topological polar surface area (TPSA) is 78.5 Å². The third-order valence-electron chi connectivity index (χ3n) is 1.38. The minimum Gasteiger partial charge on any atom is -0.399 e. The molecule has 1 aromatic rings. The first-order valence-electron chi connectivity index (χ1n) is 3.64.